The molecule has 1 aromatic carbocycles. The molecule has 1 heterocycles. The normalized spacial score (nSPS) is 10.9. The molecule has 0 fully saturated rings. The number of hydrogen-bond donors (Lipinski definition) is 1. The predicted octanol–water partition coefficient (Wildman–Crippen LogP) is 2.34. The zero-order valence-corrected chi connectivity index (χ0v) is 11.6. The van der Waals surface area contributed by atoms with Gasteiger partial charge in [0.1, 0.15) is 18.0 Å². The van der Waals surface area contributed by atoms with Crippen LogP contribution in [0.5, 0.6) is 0 Å². The Morgan fingerprint density at radius 1 is 1.21 bits per heavy atom. The number of nitrogens with zero attached hydrogens (tertiary/aromatic N) is 3. The standard InChI is InChI=1S/C14H19FN4/c1-4-19-13(17-9-18-19)8-16-7-12-5-10(2)14(15)11(3)6-12/h5-6,9,16H,4,7-8H2,1-3H3. The van der Waals surface area contributed by atoms with Gasteiger partial charge < -0.3 is 5.32 Å². The van der Waals surface area contributed by atoms with Gasteiger partial charge in [0, 0.05) is 13.1 Å². The van der Waals surface area contributed by atoms with Crippen LogP contribution in [0.4, 0.5) is 4.39 Å². The Hall–Kier alpha value is -1.75. The average molecular weight is 262 g/mol. The van der Waals surface area contributed by atoms with Gasteiger partial charge in [0.05, 0.1) is 6.54 Å². The van der Waals surface area contributed by atoms with E-state index >= 15 is 0 Å². The summed E-state index contributed by atoms with van der Waals surface area (Å²) in [7, 11) is 0. The third kappa shape index (κ3) is 3.17. The number of nitrogens with one attached hydrogen (secondary N) is 1. The number of benzene rings is 1. The van der Waals surface area contributed by atoms with Crippen molar-refractivity contribution in [3.8, 4) is 0 Å². The second-order valence-electron chi connectivity index (χ2n) is 4.64. The van der Waals surface area contributed by atoms with Crippen LogP contribution in [0.25, 0.3) is 0 Å². The molecule has 0 spiro atoms. The summed E-state index contributed by atoms with van der Waals surface area (Å²) in [6.45, 7) is 7.78. The van der Waals surface area contributed by atoms with Gasteiger partial charge in [-0.2, -0.15) is 5.10 Å². The SMILES string of the molecule is CCn1ncnc1CNCc1cc(C)c(F)c(C)c1. The lowest BCUT2D eigenvalue weighted by Gasteiger charge is -2.08. The molecule has 4 nitrogen and oxygen atoms in total. The molecule has 2 aromatic rings. The number of hydrogen-bond acceptors (Lipinski definition) is 3. The summed E-state index contributed by atoms with van der Waals surface area (Å²) in [5.41, 5.74) is 2.46. The van der Waals surface area contributed by atoms with Crippen molar-refractivity contribution in [3.05, 3.63) is 46.8 Å². The molecule has 0 aliphatic heterocycles. The van der Waals surface area contributed by atoms with Crippen molar-refractivity contribution in [3.63, 3.8) is 0 Å². The third-order valence-corrected chi connectivity index (χ3v) is 3.10. The first-order chi connectivity index (χ1) is 9.11. The third-order valence-electron chi connectivity index (χ3n) is 3.10. The molecule has 2 rings (SSSR count). The van der Waals surface area contributed by atoms with E-state index in [0.29, 0.717) is 24.2 Å². The van der Waals surface area contributed by atoms with Gasteiger partial charge in [0.2, 0.25) is 0 Å². The molecule has 0 atom stereocenters. The highest BCUT2D eigenvalue weighted by atomic mass is 19.1. The van der Waals surface area contributed by atoms with Crippen LogP contribution < -0.4 is 5.32 Å². The Kier molecular flexibility index (Phi) is 4.27. The molecular formula is C14H19FN4. The van der Waals surface area contributed by atoms with Crippen molar-refractivity contribution >= 4 is 0 Å². The maximum absolute atomic E-state index is 13.5. The lowest BCUT2D eigenvalue weighted by atomic mass is 10.1. The van der Waals surface area contributed by atoms with Crippen molar-refractivity contribution < 1.29 is 4.39 Å². The molecule has 102 valence electrons. The molecule has 19 heavy (non-hydrogen) atoms. The van der Waals surface area contributed by atoms with Crippen LogP contribution in [0.1, 0.15) is 29.4 Å². The van der Waals surface area contributed by atoms with Gasteiger partial charge in [-0.15, -0.1) is 0 Å². The minimum atomic E-state index is -0.116. The van der Waals surface area contributed by atoms with E-state index in [0.717, 1.165) is 17.9 Å². The topological polar surface area (TPSA) is 42.7 Å². The van der Waals surface area contributed by atoms with Crippen molar-refractivity contribution in [1.29, 1.82) is 0 Å². The summed E-state index contributed by atoms with van der Waals surface area (Å²) in [6, 6.07) is 3.75. The van der Waals surface area contributed by atoms with E-state index in [4.69, 9.17) is 0 Å². The Balaban J connectivity index is 1.96. The van der Waals surface area contributed by atoms with Crippen LogP contribution in [0.15, 0.2) is 18.5 Å². The highest BCUT2D eigenvalue weighted by molar-refractivity contribution is 5.30. The molecule has 5 heteroatoms. The van der Waals surface area contributed by atoms with E-state index in [1.54, 1.807) is 20.2 Å². The van der Waals surface area contributed by atoms with E-state index in [1.165, 1.54) is 0 Å². The fourth-order valence-electron chi connectivity index (χ4n) is 2.15. The van der Waals surface area contributed by atoms with E-state index in [9.17, 15) is 4.39 Å². The molecule has 0 saturated heterocycles. The maximum Gasteiger partial charge on any atom is 0.140 e. The summed E-state index contributed by atoms with van der Waals surface area (Å²) in [5.74, 6) is 0.799. The summed E-state index contributed by atoms with van der Waals surface area (Å²) in [6.07, 6.45) is 1.56. The largest absolute Gasteiger partial charge is 0.306 e. The van der Waals surface area contributed by atoms with Crippen LogP contribution in [0, 0.1) is 19.7 Å². The van der Waals surface area contributed by atoms with E-state index < -0.39 is 0 Å². The zero-order chi connectivity index (χ0) is 13.8. The van der Waals surface area contributed by atoms with Crippen molar-refractivity contribution in [2.24, 2.45) is 0 Å². The maximum atomic E-state index is 13.5. The lowest BCUT2D eigenvalue weighted by molar-refractivity contribution is 0.570. The minimum absolute atomic E-state index is 0.116. The number of aromatic nitrogens is 3. The van der Waals surface area contributed by atoms with Crippen LogP contribution >= 0.6 is 0 Å². The first-order valence-corrected chi connectivity index (χ1v) is 6.44. The second-order valence-corrected chi connectivity index (χ2v) is 4.64. The van der Waals surface area contributed by atoms with Gasteiger partial charge in [0.15, 0.2) is 0 Å². The van der Waals surface area contributed by atoms with Gasteiger partial charge in [-0.05, 0) is 37.5 Å². The summed E-state index contributed by atoms with van der Waals surface area (Å²) < 4.78 is 15.4. The first kappa shape index (κ1) is 13.7. The minimum Gasteiger partial charge on any atom is -0.306 e. The smallest absolute Gasteiger partial charge is 0.140 e. The van der Waals surface area contributed by atoms with Gasteiger partial charge >= 0.3 is 0 Å². The van der Waals surface area contributed by atoms with Crippen LogP contribution in [0.2, 0.25) is 0 Å². The Labute approximate surface area is 112 Å². The Bertz CT molecular complexity index is 539. The van der Waals surface area contributed by atoms with Gasteiger partial charge in [0.25, 0.3) is 0 Å². The average Bonchev–Trinajstić information content (AvgIpc) is 2.83. The molecule has 0 aliphatic carbocycles. The van der Waals surface area contributed by atoms with Crippen LogP contribution in [-0.4, -0.2) is 14.8 Å². The van der Waals surface area contributed by atoms with Crippen molar-refractivity contribution in [2.45, 2.75) is 40.4 Å². The molecule has 0 bridgehead atoms. The van der Waals surface area contributed by atoms with E-state index in [1.807, 2.05) is 23.7 Å². The predicted molar refractivity (Wildman–Crippen MR) is 72.1 cm³/mol. The highest BCUT2D eigenvalue weighted by Gasteiger charge is 2.05. The molecule has 1 N–H and O–H groups in total. The summed E-state index contributed by atoms with van der Waals surface area (Å²) in [5, 5.41) is 7.42. The summed E-state index contributed by atoms with van der Waals surface area (Å²) >= 11 is 0. The van der Waals surface area contributed by atoms with Crippen LogP contribution in [-0.2, 0) is 19.6 Å². The van der Waals surface area contributed by atoms with E-state index in [2.05, 4.69) is 15.4 Å². The first-order valence-electron chi connectivity index (χ1n) is 6.44. The molecule has 0 saturated carbocycles. The van der Waals surface area contributed by atoms with Gasteiger partial charge in [-0.1, -0.05) is 12.1 Å². The van der Waals surface area contributed by atoms with Gasteiger partial charge in [-0.3, -0.25) is 0 Å². The number of aryl methyl sites for hydroxylation is 3. The molecule has 0 amide bonds. The quantitative estimate of drug-likeness (QED) is 0.899. The lowest BCUT2D eigenvalue weighted by Crippen LogP contribution is -2.17. The van der Waals surface area contributed by atoms with Crippen LogP contribution in [0.3, 0.4) is 0 Å². The second kappa shape index (κ2) is 5.93. The van der Waals surface area contributed by atoms with Gasteiger partial charge in [-0.25, -0.2) is 14.1 Å². The number of rotatable bonds is 5. The Morgan fingerprint density at radius 3 is 2.53 bits per heavy atom. The zero-order valence-electron chi connectivity index (χ0n) is 11.6. The Morgan fingerprint density at radius 2 is 1.89 bits per heavy atom. The molecular weight excluding hydrogens is 243 g/mol. The molecule has 0 aliphatic rings. The summed E-state index contributed by atoms with van der Waals surface area (Å²) in [4.78, 5) is 4.20. The highest BCUT2D eigenvalue weighted by Crippen LogP contribution is 2.14. The fraction of sp³-hybridized carbons (Fsp3) is 0.429. The van der Waals surface area contributed by atoms with E-state index in [-0.39, 0.29) is 5.82 Å². The molecule has 1 aromatic heterocycles. The molecule has 0 radical (unpaired) electrons. The molecule has 0 unspecified atom stereocenters. The van der Waals surface area contributed by atoms with Crippen molar-refractivity contribution in [1.82, 2.24) is 20.1 Å². The van der Waals surface area contributed by atoms with Crippen molar-refractivity contribution in [2.75, 3.05) is 0 Å². The monoisotopic (exact) mass is 262 g/mol. The fourth-order valence-corrected chi connectivity index (χ4v) is 2.15. The number of halogens is 1.